The van der Waals surface area contributed by atoms with E-state index in [-0.39, 0.29) is 0 Å². The van der Waals surface area contributed by atoms with Crippen molar-refractivity contribution in [2.75, 3.05) is 20.1 Å². The van der Waals surface area contributed by atoms with E-state index in [1.54, 1.807) is 0 Å². The van der Waals surface area contributed by atoms with Gasteiger partial charge in [-0.15, -0.1) is 0 Å². The number of fused-ring (bicyclic) bond motifs is 1. The minimum Gasteiger partial charge on any atom is -0.307 e. The van der Waals surface area contributed by atoms with Gasteiger partial charge in [-0.05, 0) is 69.1 Å². The van der Waals surface area contributed by atoms with E-state index >= 15 is 0 Å². The molecule has 1 atom stereocenters. The molecule has 0 bridgehead atoms. The summed E-state index contributed by atoms with van der Waals surface area (Å²) in [4.78, 5) is 2.42. The molecule has 1 unspecified atom stereocenters. The summed E-state index contributed by atoms with van der Waals surface area (Å²) in [7, 11) is 2.21. The van der Waals surface area contributed by atoms with Gasteiger partial charge in [-0.1, -0.05) is 17.7 Å². The first-order chi connectivity index (χ1) is 8.72. The second-order valence-corrected chi connectivity index (χ2v) is 6.12. The van der Waals surface area contributed by atoms with Crippen molar-refractivity contribution >= 4 is 11.6 Å². The van der Waals surface area contributed by atoms with E-state index in [1.165, 1.54) is 49.9 Å². The van der Waals surface area contributed by atoms with Crippen molar-refractivity contribution in [1.29, 1.82) is 0 Å². The van der Waals surface area contributed by atoms with E-state index in [1.807, 2.05) is 6.07 Å². The van der Waals surface area contributed by atoms with E-state index in [4.69, 9.17) is 11.6 Å². The number of hydrogen-bond acceptors (Lipinski definition) is 2. The van der Waals surface area contributed by atoms with Gasteiger partial charge in [0, 0.05) is 17.1 Å². The SMILES string of the molecule is CN1CCC(NC2CCc3cc(Cl)ccc32)CC1. The number of nitrogens with zero attached hydrogens (tertiary/aromatic N) is 1. The van der Waals surface area contributed by atoms with Crippen LogP contribution in [0.25, 0.3) is 0 Å². The fourth-order valence-corrected chi connectivity index (χ4v) is 3.41. The Labute approximate surface area is 114 Å². The van der Waals surface area contributed by atoms with Crippen LogP contribution in [0.5, 0.6) is 0 Å². The normalized spacial score (nSPS) is 25.3. The zero-order chi connectivity index (χ0) is 12.5. The monoisotopic (exact) mass is 264 g/mol. The molecule has 1 saturated heterocycles. The Kier molecular flexibility index (Phi) is 3.60. The topological polar surface area (TPSA) is 15.3 Å². The lowest BCUT2D eigenvalue weighted by atomic mass is 10.0. The maximum absolute atomic E-state index is 6.05. The van der Waals surface area contributed by atoms with Crippen LogP contribution >= 0.6 is 11.6 Å². The largest absolute Gasteiger partial charge is 0.307 e. The number of hydrogen-bond donors (Lipinski definition) is 1. The van der Waals surface area contributed by atoms with Crippen LogP contribution in [0.3, 0.4) is 0 Å². The van der Waals surface area contributed by atoms with Crippen molar-refractivity contribution in [3.05, 3.63) is 34.3 Å². The van der Waals surface area contributed by atoms with Gasteiger partial charge in [0.1, 0.15) is 0 Å². The number of rotatable bonds is 2. The molecule has 1 heterocycles. The van der Waals surface area contributed by atoms with Gasteiger partial charge in [-0.3, -0.25) is 0 Å². The van der Waals surface area contributed by atoms with Gasteiger partial charge in [0.15, 0.2) is 0 Å². The number of piperidine rings is 1. The number of aryl methyl sites for hydroxylation is 1. The van der Waals surface area contributed by atoms with Gasteiger partial charge < -0.3 is 10.2 Å². The van der Waals surface area contributed by atoms with Gasteiger partial charge >= 0.3 is 0 Å². The van der Waals surface area contributed by atoms with Crippen molar-refractivity contribution in [2.45, 2.75) is 37.8 Å². The molecular weight excluding hydrogens is 244 g/mol. The predicted molar refractivity (Wildman–Crippen MR) is 76.2 cm³/mol. The molecule has 1 fully saturated rings. The van der Waals surface area contributed by atoms with Crippen LogP contribution in [-0.2, 0) is 6.42 Å². The summed E-state index contributed by atoms with van der Waals surface area (Å²) in [5.74, 6) is 0. The summed E-state index contributed by atoms with van der Waals surface area (Å²) < 4.78 is 0. The quantitative estimate of drug-likeness (QED) is 0.883. The highest BCUT2D eigenvalue weighted by molar-refractivity contribution is 6.30. The van der Waals surface area contributed by atoms with Gasteiger partial charge in [0.2, 0.25) is 0 Å². The summed E-state index contributed by atoms with van der Waals surface area (Å²) in [6, 6.07) is 7.60. The number of benzene rings is 1. The van der Waals surface area contributed by atoms with Crippen LogP contribution in [0.15, 0.2) is 18.2 Å². The fourth-order valence-electron chi connectivity index (χ4n) is 3.22. The Morgan fingerprint density at radius 3 is 2.78 bits per heavy atom. The molecule has 1 N–H and O–H groups in total. The van der Waals surface area contributed by atoms with Crippen LogP contribution in [0.2, 0.25) is 5.02 Å². The van der Waals surface area contributed by atoms with E-state index in [0.717, 1.165) is 5.02 Å². The second-order valence-electron chi connectivity index (χ2n) is 5.68. The molecule has 1 aromatic carbocycles. The van der Waals surface area contributed by atoms with Crippen molar-refractivity contribution in [3.8, 4) is 0 Å². The predicted octanol–water partition coefficient (Wildman–Crippen LogP) is 3.01. The number of halogens is 1. The molecule has 0 radical (unpaired) electrons. The van der Waals surface area contributed by atoms with Crippen LogP contribution in [0, 0.1) is 0 Å². The van der Waals surface area contributed by atoms with Gasteiger partial charge in [-0.2, -0.15) is 0 Å². The molecule has 0 amide bonds. The van der Waals surface area contributed by atoms with Crippen molar-refractivity contribution in [2.24, 2.45) is 0 Å². The van der Waals surface area contributed by atoms with Gasteiger partial charge in [0.05, 0.1) is 0 Å². The first-order valence-corrected chi connectivity index (χ1v) is 7.33. The molecule has 1 aliphatic carbocycles. The lowest BCUT2D eigenvalue weighted by molar-refractivity contribution is 0.224. The number of nitrogens with one attached hydrogen (secondary N) is 1. The van der Waals surface area contributed by atoms with E-state index in [2.05, 4.69) is 29.4 Å². The Bertz CT molecular complexity index is 425. The summed E-state index contributed by atoms with van der Waals surface area (Å²) in [5.41, 5.74) is 2.91. The van der Waals surface area contributed by atoms with Crippen LogP contribution in [0.1, 0.15) is 36.4 Å². The van der Waals surface area contributed by atoms with Crippen molar-refractivity contribution < 1.29 is 0 Å². The molecular formula is C15H21ClN2. The molecule has 1 aliphatic heterocycles. The summed E-state index contributed by atoms with van der Waals surface area (Å²) in [6.45, 7) is 2.44. The van der Waals surface area contributed by atoms with E-state index in [9.17, 15) is 0 Å². The Morgan fingerprint density at radius 1 is 1.22 bits per heavy atom. The highest BCUT2D eigenvalue weighted by Gasteiger charge is 2.26. The van der Waals surface area contributed by atoms with Crippen LogP contribution < -0.4 is 5.32 Å². The standard InChI is InChI=1S/C15H21ClN2/c1-18-8-6-13(7-9-18)17-15-5-2-11-10-12(16)3-4-14(11)15/h3-4,10,13,15,17H,2,5-9H2,1H3. The average Bonchev–Trinajstić information content (AvgIpc) is 2.74. The van der Waals surface area contributed by atoms with Crippen LogP contribution in [0.4, 0.5) is 0 Å². The molecule has 98 valence electrons. The molecule has 1 aromatic rings. The summed E-state index contributed by atoms with van der Waals surface area (Å²) in [6.07, 6.45) is 4.94. The maximum atomic E-state index is 6.05. The van der Waals surface area contributed by atoms with Crippen molar-refractivity contribution in [3.63, 3.8) is 0 Å². The molecule has 0 saturated carbocycles. The smallest absolute Gasteiger partial charge is 0.0408 e. The highest BCUT2D eigenvalue weighted by atomic mass is 35.5. The third-order valence-corrected chi connectivity index (χ3v) is 4.57. The zero-order valence-corrected chi connectivity index (χ0v) is 11.7. The van der Waals surface area contributed by atoms with Crippen molar-refractivity contribution in [1.82, 2.24) is 10.2 Å². The lowest BCUT2D eigenvalue weighted by Crippen LogP contribution is -2.41. The maximum Gasteiger partial charge on any atom is 0.0408 e. The molecule has 2 aliphatic rings. The summed E-state index contributed by atoms with van der Waals surface area (Å²) in [5, 5.41) is 4.71. The lowest BCUT2D eigenvalue weighted by Gasteiger charge is -2.31. The van der Waals surface area contributed by atoms with E-state index in [0.29, 0.717) is 12.1 Å². The third kappa shape index (κ3) is 2.56. The number of likely N-dealkylation sites (tertiary alicyclic amines) is 1. The molecule has 0 spiro atoms. The first kappa shape index (κ1) is 12.5. The third-order valence-electron chi connectivity index (χ3n) is 4.34. The Morgan fingerprint density at radius 2 is 2.00 bits per heavy atom. The molecule has 3 rings (SSSR count). The highest BCUT2D eigenvalue weighted by Crippen LogP contribution is 2.33. The van der Waals surface area contributed by atoms with Crippen LogP contribution in [-0.4, -0.2) is 31.1 Å². The molecule has 0 aromatic heterocycles. The zero-order valence-electron chi connectivity index (χ0n) is 11.0. The second kappa shape index (κ2) is 5.20. The van der Waals surface area contributed by atoms with E-state index < -0.39 is 0 Å². The average molecular weight is 265 g/mol. The fraction of sp³-hybridized carbons (Fsp3) is 0.600. The van der Waals surface area contributed by atoms with Gasteiger partial charge in [0.25, 0.3) is 0 Å². The molecule has 2 nitrogen and oxygen atoms in total. The molecule has 18 heavy (non-hydrogen) atoms. The Balaban J connectivity index is 1.66. The molecule has 3 heteroatoms. The summed E-state index contributed by atoms with van der Waals surface area (Å²) >= 11 is 6.05. The first-order valence-electron chi connectivity index (χ1n) is 6.95. The minimum atomic E-state index is 0.547. The Hall–Kier alpha value is -0.570. The van der Waals surface area contributed by atoms with Gasteiger partial charge in [-0.25, -0.2) is 0 Å². The minimum absolute atomic E-state index is 0.547.